The zero-order valence-electron chi connectivity index (χ0n) is 5.12. The number of thiazole rings is 1. The van der Waals surface area contributed by atoms with Gasteiger partial charge >= 0.3 is 0 Å². The van der Waals surface area contributed by atoms with Crippen LogP contribution in [0.4, 0.5) is 0 Å². The molecular formula is C4H3Cl2NO2S2. The van der Waals surface area contributed by atoms with Crippen molar-refractivity contribution in [3.8, 4) is 0 Å². The molecule has 0 spiro atoms. The van der Waals surface area contributed by atoms with E-state index in [1.807, 2.05) is 0 Å². The van der Waals surface area contributed by atoms with Crippen molar-refractivity contribution in [2.24, 2.45) is 0 Å². The predicted octanol–water partition coefficient (Wildman–Crippen LogP) is 1.87. The van der Waals surface area contributed by atoms with Crippen molar-refractivity contribution in [1.82, 2.24) is 4.98 Å². The van der Waals surface area contributed by atoms with Crippen molar-refractivity contribution in [3.63, 3.8) is 0 Å². The Morgan fingerprint density at radius 2 is 2.27 bits per heavy atom. The third-order valence-electron chi connectivity index (χ3n) is 0.844. The minimum atomic E-state index is -3.51. The molecule has 1 aromatic heterocycles. The van der Waals surface area contributed by atoms with Crippen LogP contribution in [0.15, 0.2) is 5.38 Å². The zero-order valence-corrected chi connectivity index (χ0v) is 8.27. The summed E-state index contributed by atoms with van der Waals surface area (Å²) >= 11 is 6.64. The fraction of sp³-hybridized carbons (Fsp3) is 0.250. The number of aromatic nitrogens is 1. The molecule has 0 atom stereocenters. The van der Waals surface area contributed by atoms with Gasteiger partial charge in [-0.2, -0.15) is 0 Å². The quantitative estimate of drug-likeness (QED) is 0.731. The first kappa shape index (κ1) is 9.25. The fourth-order valence-electron chi connectivity index (χ4n) is 0.525. The van der Waals surface area contributed by atoms with Crippen LogP contribution in [0, 0.1) is 0 Å². The van der Waals surface area contributed by atoms with Gasteiger partial charge in [0.1, 0.15) is 5.75 Å². The first-order valence-corrected chi connectivity index (χ1v) is 6.23. The van der Waals surface area contributed by atoms with Gasteiger partial charge in [0.2, 0.25) is 9.05 Å². The van der Waals surface area contributed by atoms with Gasteiger partial charge in [-0.05, 0) is 0 Å². The molecule has 0 unspecified atom stereocenters. The summed E-state index contributed by atoms with van der Waals surface area (Å²) in [5.74, 6) is -0.266. The second-order valence-electron chi connectivity index (χ2n) is 1.77. The Balaban J connectivity index is 2.81. The Morgan fingerprint density at radius 1 is 1.64 bits per heavy atom. The molecule has 11 heavy (non-hydrogen) atoms. The van der Waals surface area contributed by atoms with Gasteiger partial charge in [-0.1, -0.05) is 11.6 Å². The minimum Gasteiger partial charge on any atom is -0.229 e. The molecular weight excluding hydrogens is 229 g/mol. The van der Waals surface area contributed by atoms with E-state index in [-0.39, 0.29) is 5.75 Å². The number of rotatable bonds is 2. The molecule has 0 aliphatic heterocycles. The van der Waals surface area contributed by atoms with Crippen molar-refractivity contribution >= 4 is 42.7 Å². The zero-order chi connectivity index (χ0) is 8.48. The molecule has 0 fully saturated rings. The number of halogens is 2. The molecule has 62 valence electrons. The molecule has 0 N–H and O–H groups in total. The van der Waals surface area contributed by atoms with E-state index in [0.717, 1.165) is 0 Å². The van der Waals surface area contributed by atoms with Gasteiger partial charge < -0.3 is 0 Å². The average Bonchev–Trinajstić information content (AvgIpc) is 2.10. The maximum atomic E-state index is 10.5. The Morgan fingerprint density at radius 3 is 2.64 bits per heavy atom. The van der Waals surface area contributed by atoms with E-state index in [1.165, 1.54) is 11.3 Å². The molecule has 0 saturated heterocycles. The summed E-state index contributed by atoms with van der Waals surface area (Å²) < 4.78 is 21.3. The number of hydrogen-bond acceptors (Lipinski definition) is 4. The SMILES string of the molecule is O=S(=O)(Cl)Cc1csc(Cl)n1. The summed E-state index contributed by atoms with van der Waals surface area (Å²) in [6.45, 7) is 0. The lowest BCUT2D eigenvalue weighted by atomic mass is 10.6. The first-order valence-electron chi connectivity index (χ1n) is 2.49. The normalized spacial score (nSPS) is 11.8. The summed E-state index contributed by atoms with van der Waals surface area (Å²) in [5.41, 5.74) is 0.384. The van der Waals surface area contributed by atoms with E-state index in [9.17, 15) is 8.42 Å². The molecule has 0 amide bonds. The summed E-state index contributed by atoms with van der Waals surface area (Å²) in [6.07, 6.45) is 0. The second-order valence-corrected chi connectivity index (χ2v) is 5.99. The largest absolute Gasteiger partial charge is 0.238 e. The minimum absolute atomic E-state index is 0.266. The summed E-state index contributed by atoms with van der Waals surface area (Å²) in [5, 5.41) is 1.56. The van der Waals surface area contributed by atoms with E-state index in [4.69, 9.17) is 22.3 Å². The van der Waals surface area contributed by atoms with Gasteiger partial charge in [0.25, 0.3) is 0 Å². The molecule has 1 aromatic rings. The number of nitrogens with zero attached hydrogens (tertiary/aromatic N) is 1. The van der Waals surface area contributed by atoms with Gasteiger partial charge in [-0.3, -0.25) is 0 Å². The van der Waals surface area contributed by atoms with Crippen molar-refractivity contribution in [3.05, 3.63) is 15.5 Å². The summed E-state index contributed by atoms with van der Waals surface area (Å²) in [6, 6.07) is 0. The van der Waals surface area contributed by atoms with Crippen LogP contribution in [0.25, 0.3) is 0 Å². The van der Waals surface area contributed by atoms with Gasteiger partial charge in [0, 0.05) is 16.1 Å². The lowest BCUT2D eigenvalue weighted by molar-refractivity contribution is 0.608. The van der Waals surface area contributed by atoms with E-state index in [2.05, 4.69) is 4.98 Å². The van der Waals surface area contributed by atoms with Crippen LogP contribution in [0.2, 0.25) is 4.47 Å². The Bertz CT molecular complexity index is 345. The van der Waals surface area contributed by atoms with Gasteiger partial charge in [-0.15, -0.1) is 11.3 Å². The molecule has 0 aromatic carbocycles. The maximum Gasteiger partial charge on any atom is 0.238 e. The summed E-state index contributed by atoms with van der Waals surface area (Å²) in [7, 11) is 1.46. The first-order chi connectivity index (χ1) is 4.97. The Hall–Kier alpha value is 0.160. The predicted molar refractivity (Wildman–Crippen MR) is 45.6 cm³/mol. The van der Waals surface area contributed by atoms with Crippen molar-refractivity contribution in [1.29, 1.82) is 0 Å². The van der Waals surface area contributed by atoms with E-state index in [0.29, 0.717) is 10.2 Å². The van der Waals surface area contributed by atoms with E-state index < -0.39 is 9.05 Å². The van der Waals surface area contributed by atoms with Crippen LogP contribution in [-0.2, 0) is 14.8 Å². The molecule has 0 radical (unpaired) electrons. The molecule has 1 rings (SSSR count). The van der Waals surface area contributed by atoms with Gasteiger partial charge in [-0.25, -0.2) is 13.4 Å². The van der Waals surface area contributed by atoms with Crippen molar-refractivity contribution in [2.75, 3.05) is 0 Å². The molecule has 7 heteroatoms. The molecule has 3 nitrogen and oxygen atoms in total. The lowest BCUT2D eigenvalue weighted by Gasteiger charge is -1.87. The smallest absolute Gasteiger partial charge is 0.229 e. The topological polar surface area (TPSA) is 47.0 Å². The average molecular weight is 232 g/mol. The van der Waals surface area contributed by atoms with Crippen LogP contribution < -0.4 is 0 Å². The van der Waals surface area contributed by atoms with Crippen LogP contribution in [-0.4, -0.2) is 13.4 Å². The highest BCUT2D eigenvalue weighted by Gasteiger charge is 2.09. The monoisotopic (exact) mass is 231 g/mol. The Kier molecular flexibility index (Phi) is 2.74. The molecule has 0 saturated carbocycles. The Labute approximate surface area is 77.4 Å². The van der Waals surface area contributed by atoms with Gasteiger partial charge in [0.05, 0.1) is 5.69 Å². The van der Waals surface area contributed by atoms with E-state index in [1.54, 1.807) is 5.38 Å². The fourth-order valence-corrected chi connectivity index (χ4v) is 2.25. The van der Waals surface area contributed by atoms with Gasteiger partial charge in [0.15, 0.2) is 4.47 Å². The number of hydrogen-bond donors (Lipinski definition) is 0. The van der Waals surface area contributed by atoms with E-state index >= 15 is 0 Å². The van der Waals surface area contributed by atoms with Crippen molar-refractivity contribution in [2.45, 2.75) is 5.75 Å². The molecule has 0 aliphatic carbocycles. The third-order valence-corrected chi connectivity index (χ3v) is 2.84. The lowest BCUT2D eigenvalue weighted by Crippen LogP contribution is -1.94. The highest BCUT2D eigenvalue weighted by molar-refractivity contribution is 8.13. The van der Waals surface area contributed by atoms with Crippen LogP contribution in [0.1, 0.15) is 5.69 Å². The molecule has 1 heterocycles. The highest BCUT2D eigenvalue weighted by Crippen LogP contribution is 2.17. The molecule has 0 bridgehead atoms. The van der Waals surface area contributed by atoms with Crippen LogP contribution in [0.5, 0.6) is 0 Å². The molecule has 0 aliphatic rings. The maximum absolute atomic E-state index is 10.5. The van der Waals surface area contributed by atoms with Crippen LogP contribution in [0.3, 0.4) is 0 Å². The second kappa shape index (κ2) is 3.26. The summed E-state index contributed by atoms with van der Waals surface area (Å²) in [4.78, 5) is 3.72. The van der Waals surface area contributed by atoms with Crippen LogP contribution >= 0.6 is 33.6 Å². The third kappa shape index (κ3) is 3.37. The highest BCUT2D eigenvalue weighted by atomic mass is 35.7. The standard InChI is InChI=1S/C4H3Cl2NO2S2/c5-4-7-3(1-10-4)2-11(6,8)9/h1H,2H2. The van der Waals surface area contributed by atoms with Crippen molar-refractivity contribution < 1.29 is 8.42 Å².